The molecule has 0 unspecified atom stereocenters. The van der Waals surface area contributed by atoms with Crippen LogP contribution >= 0.6 is 0 Å². The highest BCUT2D eigenvalue weighted by molar-refractivity contribution is 5.94. The summed E-state index contributed by atoms with van der Waals surface area (Å²) in [7, 11) is 0. The second kappa shape index (κ2) is 9.37. The van der Waals surface area contributed by atoms with Crippen LogP contribution in [0.15, 0.2) is 84.9 Å². The van der Waals surface area contributed by atoms with Gasteiger partial charge in [0, 0.05) is 5.56 Å². The molecular formula is C23H21NO4. The standard InChI is InChI=1S/C23H21NO4/c25-22(26)15-21(24-23(27)19-9-5-2-6-10-19)18-11-13-20(14-12-18)28-16-17-7-3-1-4-8-17/h1-14,21H,15-16H2,(H,24,27)(H,25,26)/t21-/m0/s1. The van der Waals surface area contributed by atoms with E-state index in [1.807, 2.05) is 36.4 Å². The second-order valence-corrected chi connectivity index (χ2v) is 6.33. The van der Waals surface area contributed by atoms with Crippen LogP contribution in [0.1, 0.15) is 33.9 Å². The van der Waals surface area contributed by atoms with Crippen molar-refractivity contribution in [1.82, 2.24) is 5.32 Å². The van der Waals surface area contributed by atoms with Crippen molar-refractivity contribution < 1.29 is 19.4 Å². The number of hydrogen-bond acceptors (Lipinski definition) is 3. The minimum Gasteiger partial charge on any atom is -0.489 e. The molecule has 5 heteroatoms. The molecule has 3 rings (SSSR count). The second-order valence-electron chi connectivity index (χ2n) is 6.33. The van der Waals surface area contributed by atoms with Crippen molar-refractivity contribution in [3.8, 4) is 5.75 Å². The maximum Gasteiger partial charge on any atom is 0.305 e. The first-order valence-electron chi connectivity index (χ1n) is 8.96. The fourth-order valence-electron chi connectivity index (χ4n) is 2.80. The number of carbonyl (C=O) groups is 2. The van der Waals surface area contributed by atoms with E-state index in [1.54, 1.807) is 48.5 Å². The van der Waals surface area contributed by atoms with Crippen LogP contribution in [0.25, 0.3) is 0 Å². The first kappa shape index (κ1) is 19.2. The average Bonchev–Trinajstić information content (AvgIpc) is 2.73. The maximum absolute atomic E-state index is 12.4. The Labute approximate surface area is 163 Å². The van der Waals surface area contributed by atoms with Gasteiger partial charge in [0.15, 0.2) is 0 Å². The Morgan fingerprint density at radius 2 is 1.46 bits per heavy atom. The number of hydrogen-bond donors (Lipinski definition) is 2. The zero-order valence-corrected chi connectivity index (χ0v) is 15.2. The fraction of sp³-hybridized carbons (Fsp3) is 0.130. The predicted molar refractivity (Wildman–Crippen MR) is 106 cm³/mol. The molecule has 1 amide bonds. The van der Waals surface area contributed by atoms with Crippen LogP contribution in [0.5, 0.6) is 5.75 Å². The van der Waals surface area contributed by atoms with Gasteiger partial charge in [0.1, 0.15) is 12.4 Å². The predicted octanol–water partition coefficient (Wildman–Crippen LogP) is 4.21. The molecule has 0 aliphatic carbocycles. The number of aliphatic carboxylic acids is 1. The maximum atomic E-state index is 12.4. The quantitative estimate of drug-likeness (QED) is 0.618. The van der Waals surface area contributed by atoms with Gasteiger partial charge in [-0.2, -0.15) is 0 Å². The van der Waals surface area contributed by atoms with E-state index < -0.39 is 12.0 Å². The molecule has 3 aromatic rings. The van der Waals surface area contributed by atoms with Gasteiger partial charge in [-0.3, -0.25) is 9.59 Å². The molecule has 0 spiro atoms. The fourth-order valence-corrected chi connectivity index (χ4v) is 2.80. The summed E-state index contributed by atoms with van der Waals surface area (Å²) in [5, 5.41) is 12.0. The monoisotopic (exact) mass is 375 g/mol. The molecule has 0 saturated heterocycles. The smallest absolute Gasteiger partial charge is 0.305 e. The van der Waals surface area contributed by atoms with E-state index in [9.17, 15) is 14.7 Å². The lowest BCUT2D eigenvalue weighted by Gasteiger charge is -2.18. The molecule has 2 N–H and O–H groups in total. The number of carbonyl (C=O) groups excluding carboxylic acids is 1. The molecule has 0 saturated carbocycles. The van der Waals surface area contributed by atoms with Crippen molar-refractivity contribution in [2.45, 2.75) is 19.1 Å². The summed E-state index contributed by atoms with van der Waals surface area (Å²) < 4.78 is 5.75. The molecule has 1 atom stereocenters. The lowest BCUT2D eigenvalue weighted by molar-refractivity contribution is -0.137. The van der Waals surface area contributed by atoms with Gasteiger partial charge in [0.25, 0.3) is 5.91 Å². The van der Waals surface area contributed by atoms with Crippen LogP contribution in [0.4, 0.5) is 0 Å². The van der Waals surface area contributed by atoms with E-state index in [2.05, 4.69) is 5.32 Å². The Hall–Kier alpha value is -3.60. The zero-order valence-electron chi connectivity index (χ0n) is 15.2. The zero-order chi connectivity index (χ0) is 19.8. The molecule has 5 nitrogen and oxygen atoms in total. The van der Waals surface area contributed by atoms with E-state index in [0.29, 0.717) is 23.5 Å². The summed E-state index contributed by atoms with van der Waals surface area (Å²) in [4.78, 5) is 23.7. The third kappa shape index (κ3) is 5.45. The van der Waals surface area contributed by atoms with Gasteiger partial charge in [-0.25, -0.2) is 0 Å². The van der Waals surface area contributed by atoms with E-state index in [-0.39, 0.29) is 12.3 Å². The summed E-state index contributed by atoms with van der Waals surface area (Å²) in [6.07, 6.45) is -0.206. The number of carboxylic acid groups (broad SMARTS) is 1. The van der Waals surface area contributed by atoms with Crippen LogP contribution < -0.4 is 10.1 Å². The van der Waals surface area contributed by atoms with Gasteiger partial charge in [-0.1, -0.05) is 60.7 Å². The first-order chi connectivity index (χ1) is 13.6. The highest BCUT2D eigenvalue weighted by Gasteiger charge is 2.19. The molecule has 0 aliphatic rings. The molecule has 28 heavy (non-hydrogen) atoms. The average molecular weight is 375 g/mol. The number of amides is 1. The Kier molecular flexibility index (Phi) is 6.41. The molecule has 0 bridgehead atoms. The molecule has 3 aromatic carbocycles. The Bertz CT molecular complexity index is 908. The van der Waals surface area contributed by atoms with Crippen LogP contribution in [0, 0.1) is 0 Å². The van der Waals surface area contributed by atoms with Crippen molar-refractivity contribution in [3.05, 3.63) is 102 Å². The third-order valence-electron chi connectivity index (χ3n) is 4.25. The Morgan fingerprint density at radius 1 is 0.857 bits per heavy atom. The third-order valence-corrected chi connectivity index (χ3v) is 4.25. The largest absolute Gasteiger partial charge is 0.489 e. The van der Waals surface area contributed by atoms with Crippen molar-refractivity contribution in [2.75, 3.05) is 0 Å². The molecule has 0 heterocycles. The number of carboxylic acids is 1. The summed E-state index contributed by atoms with van der Waals surface area (Å²) in [6, 6.07) is 25.0. The molecule has 142 valence electrons. The highest BCUT2D eigenvalue weighted by Crippen LogP contribution is 2.22. The number of rotatable bonds is 8. The van der Waals surface area contributed by atoms with Crippen LogP contribution in [-0.2, 0) is 11.4 Å². The minimum atomic E-state index is -0.984. The highest BCUT2D eigenvalue weighted by atomic mass is 16.5. The van der Waals surface area contributed by atoms with E-state index >= 15 is 0 Å². The summed E-state index contributed by atoms with van der Waals surface area (Å²) in [5.41, 5.74) is 2.25. The summed E-state index contributed by atoms with van der Waals surface area (Å²) in [6.45, 7) is 0.448. The van der Waals surface area contributed by atoms with Gasteiger partial charge in [0.2, 0.25) is 0 Å². The number of ether oxygens (including phenoxy) is 1. The number of nitrogens with one attached hydrogen (secondary N) is 1. The van der Waals surface area contributed by atoms with Gasteiger partial charge in [-0.05, 0) is 35.4 Å². The number of benzene rings is 3. The topological polar surface area (TPSA) is 75.6 Å². The molecule has 0 radical (unpaired) electrons. The van der Waals surface area contributed by atoms with Crippen LogP contribution in [0.2, 0.25) is 0 Å². The lowest BCUT2D eigenvalue weighted by Crippen LogP contribution is -2.30. The molecule has 0 aromatic heterocycles. The van der Waals surface area contributed by atoms with Crippen molar-refractivity contribution in [2.24, 2.45) is 0 Å². The van der Waals surface area contributed by atoms with Crippen molar-refractivity contribution >= 4 is 11.9 Å². The lowest BCUT2D eigenvalue weighted by atomic mass is 10.0. The van der Waals surface area contributed by atoms with Gasteiger partial charge in [0.05, 0.1) is 12.5 Å². The first-order valence-corrected chi connectivity index (χ1v) is 8.96. The van der Waals surface area contributed by atoms with Crippen molar-refractivity contribution in [1.29, 1.82) is 0 Å². The molecular weight excluding hydrogens is 354 g/mol. The van der Waals surface area contributed by atoms with Gasteiger partial charge >= 0.3 is 5.97 Å². The Morgan fingerprint density at radius 3 is 2.07 bits per heavy atom. The Balaban J connectivity index is 1.68. The van der Waals surface area contributed by atoms with Gasteiger partial charge < -0.3 is 15.2 Å². The summed E-state index contributed by atoms with van der Waals surface area (Å²) >= 11 is 0. The normalized spacial score (nSPS) is 11.4. The SMILES string of the molecule is O=C(O)C[C@H](NC(=O)c1ccccc1)c1ccc(OCc2ccccc2)cc1. The van der Waals surface area contributed by atoms with E-state index in [4.69, 9.17) is 4.74 Å². The van der Waals surface area contributed by atoms with E-state index in [0.717, 1.165) is 5.56 Å². The molecule has 0 fully saturated rings. The van der Waals surface area contributed by atoms with Gasteiger partial charge in [-0.15, -0.1) is 0 Å². The van der Waals surface area contributed by atoms with Crippen LogP contribution in [-0.4, -0.2) is 17.0 Å². The summed E-state index contributed by atoms with van der Waals surface area (Å²) in [5.74, 6) is -0.616. The van der Waals surface area contributed by atoms with E-state index in [1.165, 1.54) is 0 Å². The van der Waals surface area contributed by atoms with Crippen molar-refractivity contribution in [3.63, 3.8) is 0 Å². The van der Waals surface area contributed by atoms with Crippen LogP contribution in [0.3, 0.4) is 0 Å². The molecule has 0 aliphatic heterocycles. The minimum absolute atomic E-state index is 0.206.